The maximum atomic E-state index is 9.77. The van der Waals surface area contributed by atoms with Crippen LogP contribution >= 0.6 is 0 Å². The van der Waals surface area contributed by atoms with Gasteiger partial charge in [-0.2, -0.15) is 0 Å². The van der Waals surface area contributed by atoms with Crippen molar-refractivity contribution in [2.45, 2.75) is 39.8 Å². The summed E-state index contributed by atoms with van der Waals surface area (Å²) in [7, 11) is 0. The maximum absolute atomic E-state index is 9.77. The van der Waals surface area contributed by atoms with Gasteiger partial charge in [-0.3, -0.25) is 5.32 Å². The summed E-state index contributed by atoms with van der Waals surface area (Å²) in [6.45, 7) is 7.70. The number of hydrogen-bond donors (Lipinski definition) is 3. The molecule has 0 aromatic carbocycles. The summed E-state index contributed by atoms with van der Waals surface area (Å²) >= 11 is 0. The average molecular weight is 188 g/mol. The Balaban J connectivity index is 3.87. The molecule has 0 aliphatic rings. The molecule has 0 amide bonds. The minimum absolute atomic E-state index is 0.344. The first-order valence-corrected chi connectivity index (χ1v) is 5.25. The van der Waals surface area contributed by atoms with Gasteiger partial charge in [-0.15, -0.1) is 0 Å². The third-order valence-corrected chi connectivity index (χ3v) is 2.38. The first-order chi connectivity index (χ1) is 6.13. The van der Waals surface area contributed by atoms with Gasteiger partial charge in [0.05, 0.1) is 0 Å². The number of rotatable bonds is 7. The van der Waals surface area contributed by atoms with E-state index in [1.54, 1.807) is 0 Å². The fourth-order valence-corrected chi connectivity index (χ4v) is 1.57. The second-order valence-electron chi connectivity index (χ2n) is 3.88. The van der Waals surface area contributed by atoms with Gasteiger partial charge < -0.3 is 10.8 Å². The molecule has 0 aromatic rings. The Bertz CT molecular complexity index is 117. The minimum atomic E-state index is -0.400. The second-order valence-corrected chi connectivity index (χ2v) is 3.88. The highest BCUT2D eigenvalue weighted by atomic mass is 16.3. The number of aliphatic hydroxyl groups is 1. The van der Waals surface area contributed by atoms with Gasteiger partial charge in [-0.05, 0) is 12.3 Å². The number of nitrogens with two attached hydrogens (primary N) is 1. The summed E-state index contributed by atoms with van der Waals surface area (Å²) in [4.78, 5) is 0. The lowest BCUT2D eigenvalue weighted by Crippen LogP contribution is -2.40. The highest BCUT2D eigenvalue weighted by molar-refractivity contribution is 4.70. The van der Waals surface area contributed by atoms with Crippen LogP contribution in [-0.4, -0.2) is 24.4 Å². The zero-order valence-corrected chi connectivity index (χ0v) is 9.09. The summed E-state index contributed by atoms with van der Waals surface area (Å²) < 4.78 is 0. The molecule has 13 heavy (non-hydrogen) atoms. The van der Waals surface area contributed by atoms with Crippen LogP contribution in [0.3, 0.4) is 0 Å². The van der Waals surface area contributed by atoms with Crippen molar-refractivity contribution in [3.63, 3.8) is 0 Å². The van der Waals surface area contributed by atoms with Crippen LogP contribution < -0.4 is 11.1 Å². The third-order valence-electron chi connectivity index (χ3n) is 2.38. The molecule has 3 heteroatoms. The molecule has 80 valence electrons. The Kier molecular flexibility index (Phi) is 7.23. The first kappa shape index (κ1) is 12.9. The summed E-state index contributed by atoms with van der Waals surface area (Å²) in [6, 6.07) is 0. The van der Waals surface area contributed by atoms with Crippen LogP contribution in [0.2, 0.25) is 0 Å². The van der Waals surface area contributed by atoms with Crippen LogP contribution in [-0.2, 0) is 0 Å². The van der Waals surface area contributed by atoms with Crippen LogP contribution in [0.1, 0.15) is 33.6 Å². The maximum Gasteiger partial charge on any atom is 0.108 e. The highest BCUT2D eigenvalue weighted by Gasteiger charge is 2.20. The Morgan fingerprint density at radius 2 is 2.00 bits per heavy atom. The lowest BCUT2D eigenvalue weighted by atomic mass is 9.90. The Hall–Kier alpha value is -0.120. The normalized spacial score (nSPS) is 16.2. The van der Waals surface area contributed by atoms with Crippen LogP contribution in [0, 0.1) is 11.8 Å². The van der Waals surface area contributed by atoms with Crippen LogP contribution in [0.4, 0.5) is 0 Å². The van der Waals surface area contributed by atoms with E-state index in [0.717, 1.165) is 12.8 Å². The molecule has 3 nitrogen and oxygen atoms in total. The smallest absolute Gasteiger partial charge is 0.108 e. The van der Waals surface area contributed by atoms with E-state index in [0.29, 0.717) is 24.9 Å². The van der Waals surface area contributed by atoms with Crippen LogP contribution in [0.25, 0.3) is 0 Å². The van der Waals surface area contributed by atoms with Crippen LogP contribution in [0.5, 0.6) is 0 Å². The Morgan fingerprint density at radius 1 is 1.38 bits per heavy atom. The van der Waals surface area contributed by atoms with Crippen molar-refractivity contribution in [2.75, 3.05) is 13.1 Å². The van der Waals surface area contributed by atoms with E-state index in [4.69, 9.17) is 5.73 Å². The van der Waals surface area contributed by atoms with Crippen molar-refractivity contribution in [2.24, 2.45) is 17.6 Å². The summed E-state index contributed by atoms with van der Waals surface area (Å²) in [6.07, 6.45) is 1.78. The fraction of sp³-hybridized carbons (Fsp3) is 1.00. The molecule has 4 N–H and O–H groups in total. The zero-order chi connectivity index (χ0) is 10.3. The molecular weight excluding hydrogens is 164 g/mol. The Labute approximate surface area is 81.7 Å². The van der Waals surface area contributed by atoms with Crippen LogP contribution in [0.15, 0.2) is 0 Å². The molecule has 0 aliphatic carbocycles. The third kappa shape index (κ3) is 5.24. The molecule has 0 aliphatic heterocycles. The quantitative estimate of drug-likeness (QED) is 0.521. The lowest BCUT2D eigenvalue weighted by Gasteiger charge is -2.26. The van der Waals surface area contributed by atoms with E-state index >= 15 is 0 Å². The van der Waals surface area contributed by atoms with E-state index in [2.05, 4.69) is 26.1 Å². The van der Waals surface area contributed by atoms with Gasteiger partial charge in [0.2, 0.25) is 0 Å². The lowest BCUT2D eigenvalue weighted by molar-refractivity contribution is 0.0475. The average Bonchev–Trinajstić information content (AvgIpc) is 2.09. The van der Waals surface area contributed by atoms with Crippen molar-refractivity contribution >= 4 is 0 Å². The molecule has 0 spiro atoms. The topological polar surface area (TPSA) is 58.3 Å². The van der Waals surface area contributed by atoms with E-state index in [9.17, 15) is 5.11 Å². The monoisotopic (exact) mass is 188 g/mol. The fourth-order valence-electron chi connectivity index (χ4n) is 1.57. The van der Waals surface area contributed by atoms with Gasteiger partial charge in [0.15, 0.2) is 0 Å². The number of nitrogens with one attached hydrogen (secondary N) is 1. The predicted molar refractivity (Wildman–Crippen MR) is 56.3 cm³/mol. The molecule has 1 unspecified atom stereocenters. The van der Waals surface area contributed by atoms with Crippen molar-refractivity contribution in [1.29, 1.82) is 0 Å². The molecule has 0 heterocycles. The van der Waals surface area contributed by atoms with Crippen molar-refractivity contribution in [3.05, 3.63) is 0 Å². The van der Waals surface area contributed by atoms with E-state index in [1.807, 2.05) is 0 Å². The molecule has 0 aromatic heterocycles. The summed E-state index contributed by atoms with van der Waals surface area (Å²) in [5.74, 6) is 0.858. The van der Waals surface area contributed by atoms with Crippen molar-refractivity contribution in [1.82, 2.24) is 5.32 Å². The van der Waals surface area contributed by atoms with Gasteiger partial charge in [0, 0.05) is 19.0 Å². The standard InChI is InChI=1S/C10H24N2O/c1-4-5-9(8(2)3)10(13)12-7-6-11/h8-10,12-13H,4-7,11H2,1-3H3/t9-,10?/m1/s1. The summed E-state index contributed by atoms with van der Waals surface area (Å²) in [5.41, 5.74) is 5.35. The largest absolute Gasteiger partial charge is 0.378 e. The molecule has 0 bridgehead atoms. The molecule has 0 saturated carbocycles. The predicted octanol–water partition coefficient (Wildman–Crippen LogP) is 0.925. The van der Waals surface area contributed by atoms with E-state index < -0.39 is 6.23 Å². The second kappa shape index (κ2) is 7.30. The molecule has 0 radical (unpaired) electrons. The summed E-state index contributed by atoms with van der Waals surface area (Å²) in [5, 5.41) is 12.8. The number of hydrogen-bond acceptors (Lipinski definition) is 3. The molecular formula is C10H24N2O. The first-order valence-electron chi connectivity index (χ1n) is 5.25. The van der Waals surface area contributed by atoms with Gasteiger partial charge in [0.1, 0.15) is 6.23 Å². The van der Waals surface area contributed by atoms with Gasteiger partial charge in [-0.25, -0.2) is 0 Å². The Morgan fingerprint density at radius 3 is 2.38 bits per heavy atom. The van der Waals surface area contributed by atoms with Gasteiger partial charge in [-0.1, -0.05) is 27.2 Å². The van der Waals surface area contributed by atoms with Crippen molar-refractivity contribution in [3.8, 4) is 0 Å². The SMILES string of the molecule is CCC[C@H](C(C)C)C(O)NCCN. The molecule has 0 saturated heterocycles. The molecule has 0 rings (SSSR count). The molecule has 0 fully saturated rings. The number of aliphatic hydroxyl groups excluding tert-OH is 1. The van der Waals surface area contributed by atoms with Gasteiger partial charge in [0.25, 0.3) is 0 Å². The van der Waals surface area contributed by atoms with Gasteiger partial charge >= 0.3 is 0 Å². The van der Waals surface area contributed by atoms with Crippen molar-refractivity contribution < 1.29 is 5.11 Å². The van der Waals surface area contributed by atoms with E-state index in [-0.39, 0.29) is 0 Å². The van der Waals surface area contributed by atoms with E-state index in [1.165, 1.54) is 0 Å². The minimum Gasteiger partial charge on any atom is -0.378 e. The zero-order valence-electron chi connectivity index (χ0n) is 9.09. The highest BCUT2D eigenvalue weighted by Crippen LogP contribution is 2.19. The molecule has 2 atom stereocenters.